The van der Waals surface area contributed by atoms with Crippen LogP contribution in [-0.4, -0.2) is 16.9 Å². The van der Waals surface area contributed by atoms with Gasteiger partial charge in [-0.2, -0.15) is 0 Å². The van der Waals surface area contributed by atoms with Crippen LogP contribution in [-0.2, 0) is 4.79 Å². The van der Waals surface area contributed by atoms with Crippen molar-refractivity contribution in [2.45, 2.75) is 32.2 Å². The molecule has 7 heteroatoms. The summed E-state index contributed by atoms with van der Waals surface area (Å²) in [5.41, 5.74) is 6.24. The van der Waals surface area contributed by atoms with Crippen LogP contribution in [0.4, 0.5) is 11.4 Å². The zero-order valence-corrected chi connectivity index (χ0v) is 12.1. The van der Waals surface area contributed by atoms with Crippen LogP contribution in [0.5, 0.6) is 0 Å². The number of anilines is 1. The number of rotatable bonds is 6. The van der Waals surface area contributed by atoms with Gasteiger partial charge in [0.1, 0.15) is 0 Å². The second-order valence-corrected chi connectivity index (χ2v) is 5.08. The van der Waals surface area contributed by atoms with E-state index in [1.54, 1.807) is 0 Å². The van der Waals surface area contributed by atoms with Crippen molar-refractivity contribution in [1.82, 2.24) is 0 Å². The van der Waals surface area contributed by atoms with Crippen LogP contribution in [0.25, 0.3) is 0 Å². The highest BCUT2D eigenvalue weighted by Gasteiger charge is 2.13. The Morgan fingerprint density at radius 1 is 1.58 bits per heavy atom. The first-order chi connectivity index (χ1) is 8.93. The fourth-order valence-corrected chi connectivity index (χ4v) is 2.10. The van der Waals surface area contributed by atoms with Gasteiger partial charge in [-0.25, -0.2) is 0 Å². The van der Waals surface area contributed by atoms with Gasteiger partial charge in [-0.3, -0.25) is 14.9 Å². The molecule has 0 heterocycles. The van der Waals surface area contributed by atoms with Gasteiger partial charge in [0.05, 0.1) is 10.6 Å². The van der Waals surface area contributed by atoms with E-state index in [4.69, 9.17) is 5.73 Å². The Balaban J connectivity index is 2.67. The molecule has 1 rings (SSSR count). The van der Waals surface area contributed by atoms with Crippen LogP contribution >= 0.6 is 15.9 Å². The Bertz CT molecular complexity index is 479. The number of amides is 1. The molecule has 0 aliphatic rings. The topological polar surface area (TPSA) is 98.3 Å². The predicted octanol–water partition coefficient (Wildman–Crippen LogP) is 2.81. The van der Waals surface area contributed by atoms with Crippen LogP contribution in [0.15, 0.2) is 22.7 Å². The lowest BCUT2D eigenvalue weighted by Crippen LogP contribution is -2.26. The van der Waals surface area contributed by atoms with Gasteiger partial charge in [-0.05, 0) is 28.4 Å². The molecule has 1 atom stereocenters. The molecule has 0 radical (unpaired) electrons. The van der Waals surface area contributed by atoms with Crippen molar-refractivity contribution in [3.8, 4) is 0 Å². The van der Waals surface area contributed by atoms with Gasteiger partial charge in [0.15, 0.2) is 0 Å². The maximum absolute atomic E-state index is 11.7. The number of non-ortho nitro benzene ring substituents is 1. The Morgan fingerprint density at radius 3 is 2.79 bits per heavy atom. The minimum Gasteiger partial charge on any atom is -0.327 e. The zero-order valence-electron chi connectivity index (χ0n) is 10.6. The van der Waals surface area contributed by atoms with Crippen molar-refractivity contribution >= 4 is 33.2 Å². The fourth-order valence-electron chi connectivity index (χ4n) is 1.63. The van der Waals surface area contributed by atoms with Crippen LogP contribution in [0.3, 0.4) is 0 Å². The lowest BCUT2D eigenvalue weighted by Gasteiger charge is -2.11. The van der Waals surface area contributed by atoms with E-state index in [2.05, 4.69) is 21.2 Å². The number of hydrogen-bond donors (Lipinski definition) is 2. The molecule has 0 fully saturated rings. The molecule has 0 saturated carbocycles. The molecule has 3 N–H and O–H groups in total. The predicted molar refractivity (Wildman–Crippen MR) is 76.9 cm³/mol. The van der Waals surface area contributed by atoms with Gasteiger partial charge in [0.2, 0.25) is 5.91 Å². The standard InChI is InChI=1S/C12H16BrN3O3/c1-2-3-8(14)6-12(17)15-11-5-4-9(16(18)19)7-10(11)13/h4-5,7-8H,2-3,6,14H2,1H3,(H,15,17). The maximum atomic E-state index is 11.7. The van der Waals surface area contributed by atoms with Gasteiger partial charge in [0.25, 0.3) is 5.69 Å². The van der Waals surface area contributed by atoms with Crippen molar-refractivity contribution in [2.24, 2.45) is 5.73 Å². The molecule has 0 aliphatic carbocycles. The lowest BCUT2D eigenvalue weighted by molar-refractivity contribution is -0.384. The second kappa shape index (κ2) is 7.20. The van der Waals surface area contributed by atoms with Crippen LogP contribution in [0.1, 0.15) is 26.2 Å². The Morgan fingerprint density at radius 2 is 2.26 bits per heavy atom. The summed E-state index contributed by atoms with van der Waals surface area (Å²) < 4.78 is 0.471. The maximum Gasteiger partial charge on any atom is 0.270 e. The average Bonchev–Trinajstić information content (AvgIpc) is 2.31. The van der Waals surface area contributed by atoms with Crippen molar-refractivity contribution in [1.29, 1.82) is 0 Å². The normalized spacial score (nSPS) is 11.9. The number of nitrogens with two attached hydrogens (primary N) is 1. The van der Waals surface area contributed by atoms with E-state index < -0.39 is 4.92 Å². The number of benzene rings is 1. The summed E-state index contributed by atoms with van der Waals surface area (Å²) in [6.45, 7) is 2.00. The van der Waals surface area contributed by atoms with E-state index in [-0.39, 0.29) is 24.1 Å². The molecule has 6 nitrogen and oxygen atoms in total. The first-order valence-corrected chi connectivity index (χ1v) is 6.72. The molecule has 1 amide bonds. The molecule has 1 aromatic carbocycles. The highest BCUT2D eigenvalue weighted by molar-refractivity contribution is 9.10. The smallest absolute Gasteiger partial charge is 0.270 e. The molecule has 19 heavy (non-hydrogen) atoms. The molecule has 1 unspecified atom stereocenters. The van der Waals surface area contributed by atoms with Gasteiger partial charge in [-0.1, -0.05) is 13.3 Å². The molecule has 0 bridgehead atoms. The summed E-state index contributed by atoms with van der Waals surface area (Å²) in [7, 11) is 0. The van der Waals surface area contributed by atoms with E-state index in [1.165, 1.54) is 18.2 Å². The number of carbonyl (C=O) groups is 1. The van der Waals surface area contributed by atoms with E-state index in [0.29, 0.717) is 10.2 Å². The monoisotopic (exact) mass is 329 g/mol. The summed E-state index contributed by atoms with van der Waals surface area (Å²) in [5.74, 6) is -0.199. The largest absolute Gasteiger partial charge is 0.327 e. The Kier molecular flexibility index (Phi) is 5.91. The number of nitro groups is 1. The first-order valence-electron chi connectivity index (χ1n) is 5.93. The minimum atomic E-state index is -0.493. The summed E-state index contributed by atoms with van der Waals surface area (Å²) in [6, 6.07) is 4.01. The number of nitrogens with zero attached hydrogens (tertiary/aromatic N) is 1. The third-order valence-corrected chi connectivity index (χ3v) is 3.20. The quantitative estimate of drug-likeness (QED) is 0.619. The number of carbonyl (C=O) groups excluding carboxylic acids is 1. The van der Waals surface area contributed by atoms with Crippen LogP contribution in [0.2, 0.25) is 0 Å². The van der Waals surface area contributed by atoms with Crippen molar-refractivity contribution in [2.75, 3.05) is 5.32 Å². The average molecular weight is 330 g/mol. The molecule has 104 valence electrons. The van der Waals surface area contributed by atoms with Crippen molar-refractivity contribution in [3.05, 3.63) is 32.8 Å². The first kappa shape index (κ1) is 15.6. The van der Waals surface area contributed by atoms with Gasteiger partial charge < -0.3 is 11.1 Å². The third kappa shape index (κ3) is 4.96. The number of hydrogen-bond acceptors (Lipinski definition) is 4. The van der Waals surface area contributed by atoms with E-state index in [9.17, 15) is 14.9 Å². The number of nitro benzene ring substituents is 1. The minimum absolute atomic E-state index is 0.0347. The summed E-state index contributed by atoms with van der Waals surface area (Å²) >= 11 is 3.19. The van der Waals surface area contributed by atoms with Crippen LogP contribution < -0.4 is 11.1 Å². The van der Waals surface area contributed by atoms with Crippen molar-refractivity contribution < 1.29 is 9.72 Å². The summed E-state index contributed by atoms with van der Waals surface area (Å²) in [6.07, 6.45) is 1.95. The summed E-state index contributed by atoms with van der Waals surface area (Å²) in [5, 5.41) is 13.3. The number of nitrogens with one attached hydrogen (secondary N) is 1. The number of halogens is 1. The van der Waals surface area contributed by atoms with Crippen LogP contribution in [0, 0.1) is 10.1 Å². The Hall–Kier alpha value is -1.47. The van der Waals surface area contributed by atoms with E-state index >= 15 is 0 Å². The molecular weight excluding hydrogens is 314 g/mol. The molecular formula is C12H16BrN3O3. The van der Waals surface area contributed by atoms with Gasteiger partial charge in [0, 0.05) is 29.1 Å². The molecule has 0 saturated heterocycles. The fraction of sp³-hybridized carbons (Fsp3) is 0.417. The lowest BCUT2D eigenvalue weighted by atomic mass is 10.1. The highest BCUT2D eigenvalue weighted by atomic mass is 79.9. The van der Waals surface area contributed by atoms with Crippen molar-refractivity contribution in [3.63, 3.8) is 0 Å². The zero-order chi connectivity index (χ0) is 14.4. The van der Waals surface area contributed by atoms with Gasteiger partial charge in [-0.15, -0.1) is 0 Å². The van der Waals surface area contributed by atoms with E-state index in [1.807, 2.05) is 6.92 Å². The molecule has 0 spiro atoms. The molecule has 0 aliphatic heterocycles. The molecule has 1 aromatic rings. The Labute approximate surface area is 119 Å². The molecule has 0 aromatic heterocycles. The third-order valence-electron chi connectivity index (χ3n) is 2.54. The van der Waals surface area contributed by atoms with Gasteiger partial charge >= 0.3 is 0 Å². The SMILES string of the molecule is CCCC(N)CC(=O)Nc1ccc([N+](=O)[O-])cc1Br. The van der Waals surface area contributed by atoms with E-state index in [0.717, 1.165) is 12.8 Å². The second-order valence-electron chi connectivity index (χ2n) is 4.22. The summed E-state index contributed by atoms with van der Waals surface area (Å²) in [4.78, 5) is 21.8. The highest BCUT2D eigenvalue weighted by Crippen LogP contribution is 2.27.